The second-order valence-electron chi connectivity index (χ2n) is 6.03. The summed E-state index contributed by atoms with van der Waals surface area (Å²) in [6.45, 7) is 3.35. The summed E-state index contributed by atoms with van der Waals surface area (Å²) in [7, 11) is 1.48. The molecule has 27 heavy (non-hydrogen) atoms. The van der Waals surface area contributed by atoms with Gasteiger partial charge in [0.15, 0.2) is 13.2 Å². The van der Waals surface area contributed by atoms with Crippen molar-refractivity contribution in [3.63, 3.8) is 0 Å². The van der Waals surface area contributed by atoms with Crippen LogP contribution in [0.4, 0.5) is 5.69 Å². The normalized spacial score (nSPS) is 10.4. The van der Waals surface area contributed by atoms with E-state index in [1.807, 2.05) is 32.0 Å². The highest BCUT2D eigenvalue weighted by Crippen LogP contribution is 2.27. The third-order valence-corrected chi connectivity index (χ3v) is 3.92. The molecule has 0 saturated heterocycles. The molecule has 0 atom stereocenters. The molecular weight excluding hydrogens is 370 g/mol. The molecule has 0 saturated carbocycles. The van der Waals surface area contributed by atoms with E-state index in [0.29, 0.717) is 22.2 Å². The Morgan fingerprint density at radius 2 is 1.81 bits per heavy atom. The zero-order valence-corrected chi connectivity index (χ0v) is 16.2. The van der Waals surface area contributed by atoms with Crippen LogP contribution in [0.15, 0.2) is 42.5 Å². The first-order valence-corrected chi connectivity index (χ1v) is 8.79. The Morgan fingerprint density at radius 3 is 2.52 bits per heavy atom. The van der Waals surface area contributed by atoms with Crippen molar-refractivity contribution in [1.82, 2.24) is 0 Å². The predicted octanol–water partition coefficient (Wildman–Crippen LogP) is 4.03. The number of nitrogens with one attached hydrogen (secondary N) is 1. The van der Waals surface area contributed by atoms with Crippen molar-refractivity contribution in [3.05, 3.63) is 53.1 Å². The highest BCUT2D eigenvalue weighted by molar-refractivity contribution is 6.31. The van der Waals surface area contributed by atoms with Gasteiger partial charge >= 0.3 is 5.97 Å². The third kappa shape index (κ3) is 6.18. The summed E-state index contributed by atoms with van der Waals surface area (Å²) < 4.78 is 15.6. The van der Waals surface area contributed by atoms with Crippen molar-refractivity contribution in [2.45, 2.75) is 19.8 Å². The van der Waals surface area contributed by atoms with Crippen LogP contribution in [0.5, 0.6) is 11.5 Å². The van der Waals surface area contributed by atoms with E-state index in [2.05, 4.69) is 5.32 Å². The lowest BCUT2D eigenvalue weighted by Gasteiger charge is -2.13. The molecule has 7 heteroatoms. The standard InChI is InChI=1S/C20H22ClNO5/c1-13(2)15-6-4-5-7-17(15)26-12-20(24)27-11-19(23)22-16-10-14(21)8-9-18(16)25-3/h4-10,13H,11-12H2,1-3H3,(H,22,23). The van der Waals surface area contributed by atoms with E-state index in [9.17, 15) is 9.59 Å². The fourth-order valence-electron chi connectivity index (χ4n) is 2.38. The smallest absolute Gasteiger partial charge is 0.344 e. The summed E-state index contributed by atoms with van der Waals surface area (Å²) >= 11 is 5.91. The number of benzene rings is 2. The van der Waals surface area contributed by atoms with E-state index < -0.39 is 18.5 Å². The molecule has 2 aromatic carbocycles. The molecule has 0 aliphatic rings. The van der Waals surface area contributed by atoms with Crippen LogP contribution < -0.4 is 14.8 Å². The van der Waals surface area contributed by atoms with E-state index in [1.165, 1.54) is 7.11 Å². The summed E-state index contributed by atoms with van der Waals surface area (Å²) in [5.41, 5.74) is 1.39. The van der Waals surface area contributed by atoms with Gasteiger partial charge in [-0.25, -0.2) is 4.79 Å². The molecule has 2 aromatic rings. The van der Waals surface area contributed by atoms with Gasteiger partial charge in [-0.2, -0.15) is 0 Å². The second kappa shape index (κ2) is 9.83. The summed E-state index contributed by atoms with van der Waals surface area (Å²) in [5, 5.41) is 3.03. The van der Waals surface area contributed by atoms with Crippen LogP contribution in [0, 0.1) is 0 Å². The Morgan fingerprint density at radius 1 is 1.07 bits per heavy atom. The molecule has 0 spiro atoms. The molecule has 0 bridgehead atoms. The van der Waals surface area contributed by atoms with Gasteiger partial charge in [0, 0.05) is 5.02 Å². The number of para-hydroxylation sites is 1. The molecule has 0 fully saturated rings. The van der Waals surface area contributed by atoms with Gasteiger partial charge < -0.3 is 19.5 Å². The summed E-state index contributed by atoms with van der Waals surface area (Å²) in [6.07, 6.45) is 0. The highest BCUT2D eigenvalue weighted by atomic mass is 35.5. The number of anilines is 1. The topological polar surface area (TPSA) is 73.9 Å². The van der Waals surface area contributed by atoms with Gasteiger partial charge in [-0.1, -0.05) is 43.6 Å². The Kier molecular flexibility index (Phi) is 7.49. The fourth-order valence-corrected chi connectivity index (χ4v) is 2.55. The first-order chi connectivity index (χ1) is 12.9. The number of hydrogen-bond acceptors (Lipinski definition) is 5. The minimum Gasteiger partial charge on any atom is -0.495 e. The molecule has 0 unspecified atom stereocenters. The van der Waals surface area contributed by atoms with E-state index in [-0.39, 0.29) is 12.5 Å². The van der Waals surface area contributed by atoms with E-state index in [0.717, 1.165) is 5.56 Å². The maximum absolute atomic E-state index is 12.0. The molecular formula is C20H22ClNO5. The van der Waals surface area contributed by atoms with Crippen molar-refractivity contribution in [2.75, 3.05) is 25.6 Å². The fraction of sp³-hybridized carbons (Fsp3) is 0.300. The number of carbonyl (C=O) groups excluding carboxylic acids is 2. The first-order valence-electron chi connectivity index (χ1n) is 8.41. The predicted molar refractivity (Wildman–Crippen MR) is 104 cm³/mol. The van der Waals surface area contributed by atoms with E-state index in [4.69, 9.17) is 25.8 Å². The molecule has 144 valence electrons. The zero-order chi connectivity index (χ0) is 19.8. The van der Waals surface area contributed by atoms with Gasteiger partial charge in [-0.3, -0.25) is 4.79 Å². The zero-order valence-electron chi connectivity index (χ0n) is 15.5. The van der Waals surface area contributed by atoms with Gasteiger partial charge in [0.25, 0.3) is 5.91 Å². The molecule has 0 aliphatic heterocycles. The average molecular weight is 392 g/mol. The number of esters is 1. The van der Waals surface area contributed by atoms with E-state index in [1.54, 1.807) is 24.3 Å². The Labute approximate surface area is 163 Å². The van der Waals surface area contributed by atoms with E-state index >= 15 is 0 Å². The van der Waals surface area contributed by atoms with Gasteiger partial charge in [-0.05, 0) is 35.7 Å². The van der Waals surface area contributed by atoms with Crippen LogP contribution in [-0.4, -0.2) is 32.2 Å². The van der Waals surface area contributed by atoms with Crippen molar-refractivity contribution < 1.29 is 23.8 Å². The number of rotatable bonds is 8. The average Bonchev–Trinajstić information content (AvgIpc) is 2.65. The van der Waals surface area contributed by atoms with Crippen LogP contribution in [0.1, 0.15) is 25.3 Å². The molecule has 0 heterocycles. The molecule has 1 N–H and O–H groups in total. The number of ether oxygens (including phenoxy) is 3. The van der Waals surface area contributed by atoms with Crippen LogP contribution >= 0.6 is 11.6 Å². The van der Waals surface area contributed by atoms with Crippen molar-refractivity contribution in [3.8, 4) is 11.5 Å². The SMILES string of the molecule is COc1ccc(Cl)cc1NC(=O)COC(=O)COc1ccccc1C(C)C. The Hall–Kier alpha value is -2.73. The minimum atomic E-state index is -0.637. The number of halogens is 1. The van der Waals surface area contributed by atoms with Crippen LogP contribution in [0.25, 0.3) is 0 Å². The summed E-state index contributed by atoms with van der Waals surface area (Å²) in [5.74, 6) is 0.189. The molecule has 6 nitrogen and oxygen atoms in total. The van der Waals surface area contributed by atoms with Crippen LogP contribution in [-0.2, 0) is 14.3 Å². The summed E-state index contributed by atoms with van der Waals surface area (Å²) in [6, 6.07) is 12.3. The maximum Gasteiger partial charge on any atom is 0.344 e. The number of hydrogen-bond donors (Lipinski definition) is 1. The van der Waals surface area contributed by atoms with Crippen molar-refractivity contribution in [1.29, 1.82) is 0 Å². The van der Waals surface area contributed by atoms with Crippen LogP contribution in [0.3, 0.4) is 0 Å². The molecule has 1 amide bonds. The summed E-state index contributed by atoms with van der Waals surface area (Å²) in [4.78, 5) is 23.8. The first kappa shape index (κ1) is 20.6. The van der Waals surface area contributed by atoms with Crippen molar-refractivity contribution >= 4 is 29.2 Å². The van der Waals surface area contributed by atoms with Gasteiger partial charge in [0.2, 0.25) is 0 Å². The Balaban J connectivity index is 1.84. The monoisotopic (exact) mass is 391 g/mol. The van der Waals surface area contributed by atoms with Gasteiger partial charge in [-0.15, -0.1) is 0 Å². The van der Waals surface area contributed by atoms with Gasteiger partial charge in [0.05, 0.1) is 12.8 Å². The van der Waals surface area contributed by atoms with Gasteiger partial charge in [0.1, 0.15) is 11.5 Å². The third-order valence-electron chi connectivity index (χ3n) is 3.69. The highest BCUT2D eigenvalue weighted by Gasteiger charge is 2.13. The lowest BCUT2D eigenvalue weighted by molar-refractivity contribution is -0.149. The van der Waals surface area contributed by atoms with Crippen LogP contribution in [0.2, 0.25) is 5.02 Å². The molecule has 0 aliphatic carbocycles. The molecule has 0 aromatic heterocycles. The lowest BCUT2D eigenvalue weighted by atomic mass is 10.0. The minimum absolute atomic E-state index is 0.260. The molecule has 0 radical (unpaired) electrons. The largest absolute Gasteiger partial charge is 0.495 e. The Bertz CT molecular complexity index is 807. The quantitative estimate of drug-likeness (QED) is 0.687. The second-order valence-corrected chi connectivity index (χ2v) is 6.47. The molecule has 2 rings (SSSR count). The van der Waals surface area contributed by atoms with Crippen molar-refractivity contribution in [2.24, 2.45) is 0 Å². The number of carbonyl (C=O) groups is 2. The lowest BCUT2D eigenvalue weighted by Crippen LogP contribution is -2.24. The maximum atomic E-state index is 12.0. The number of amides is 1. The number of methoxy groups -OCH3 is 1.